The zero-order valence-corrected chi connectivity index (χ0v) is 17.7. The number of para-hydroxylation sites is 1. The number of benzene rings is 2. The van der Waals surface area contributed by atoms with Crippen LogP contribution in [-0.2, 0) is 17.6 Å². The van der Waals surface area contributed by atoms with E-state index in [1.54, 1.807) is 28.9 Å². The van der Waals surface area contributed by atoms with Gasteiger partial charge in [0.15, 0.2) is 0 Å². The monoisotopic (exact) mass is 443 g/mol. The topological polar surface area (TPSA) is 97.2 Å². The third-order valence-corrected chi connectivity index (χ3v) is 6.82. The fourth-order valence-corrected chi connectivity index (χ4v) is 5.23. The number of nitrogens with zero attached hydrogens (tertiary/aromatic N) is 4. The zero-order valence-electron chi connectivity index (χ0n) is 16.9. The summed E-state index contributed by atoms with van der Waals surface area (Å²) >= 11 is 1.49. The minimum Gasteiger partial charge on any atom is -0.309 e. The number of fused-ring (bicyclic) bond motifs is 3. The second-order valence-corrected chi connectivity index (χ2v) is 8.80. The summed E-state index contributed by atoms with van der Waals surface area (Å²) in [6.07, 6.45) is 2.62. The molecule has 0 spiro atoms. The van der Waals surface area contributed by atoms with Crippen molar-refractivity contribution >= 4 is 45.1 Å². The van der Waals surface area contributed by atoms with Crippen LogP contribution in [0.25, 0.3) is 15.3 Å². The molecule has 0 fully saturated rings. The van der Waals surface area contributed by atoms with E-state index in [-0.39, 0.29) is 6.54 Å². The standard InChI is InChI=1S/C23H17N5O3S/c29-19(12-27-21(30)13-6-1-2-7-14(13)22(27)31)25-20-15-8-5-10-16(15)26-28(20)23-24-17-9-3-4-11-18(17)32-23/h1-4,6-7,9,11H,5,8,10,12H2,(H,25,29). The Bertz CT molecular complexity index is 1370. The van der Waals surface area contributed by atoms with Gasteiger partial charge in [0.25, 0.3) is 11.8 Å². The maximum absolute atomic E-state index is 12.9. The van der Waals surface area contributed by atoms with E-state index >= 15 is 0 Å². The summed E-state index contributed by atoms with van der Waals surface area (Å²) in [7, 11) is 0. The molecule has 6 rings (SSSR count). The van der Waals surface area contributed by atoms with Gasteiger partial charge < -0.3 is 5.32 Å². The van der Waals surface area contributed by atoms with Gasteiger partial charge in [-0.05, 0) is 43.5 Å². The molecule has 9 heteroatoms. The van der Waals surface area contributed by atoms with Crippen LogP contribution in [0.3, 0.4) is 0 Å². The predicted octanol–water partition coefficient (Wildman–Crippen LogP) is 3.21. The van der Waals surface area contributed by atoms with Gasteiger partial charge >= 0.3 is 0 Å². The number of anilines is 1. The molecule has 0 radical (unpaired) electrons. The zero-order chi connectivity index (χ0) is 21.8. The Kier molecular flexibility index (Phi) is 4.19. The number of carbonyl (C=O) groups excluding carboxylic acids is 3. The fraction of sp³-hybridized carbons (Fsp3) is 0.174. The van der Waals surface area contributed by atoms with Gasteiger partial charge in [0.1, 0.15) is 12.4 Å². The number of aromatic nitrogens is 3. The normalized spacial score (nSPS) is 14.8. The summed E-state index contributed by atoms with van der Waals surface area (Å²) in [5.41, 5.74) is 3.45. The number of thiazole rings is 1. The number of amides is 3. The largest absolute Gasteiger partial charge is 0.309 e. The Balaban J connectivity index is 1.31. The SMILES string of the molecule is O=C(CN1C(=O)c2ccccc2C1=O)Nc1c2c(nn1-c1nc3ccccc3s1)CCC2. The van der Waals surface area contributed by atoms with Crippen LogP contribution >= 0.6 is 11.3 Å². The molecule has 3 heterocycles. The number of nitrogens with one attached hydrogen (secondary N) is 1. The number of hydrogen-bond donors (Lipinski definition) is 1. The van der Waals surface area contributed by atoms with E-state index < -0.39 is 17.7 Å². The van der Waals surface area contributed by atoms with E-state index in [0.717, 1.165) is 45.6 Å². The third kappa shape index (κ3) is 2.85. The van der Waals surface area contributed by atoms with E-state index in [1.807, 2.05) is 24.3 Å². The molecule has 8 nitrogen and oxygen atoms in total. The highest BCUT2D eigenvalue weighted by molar-refractivity contribution is 7.20. The average molecular weight is 443 g/mol. The van der Waals surface area contributed by atoms with Gasteiger partial charge in [0, 0.05) is 5.56 Å². The van der Waals surface area contributed by atoms with Crippen molar-refractivity contribution < 1.29 is 14.4 Å². The lowest BCUT2D eigenvalue weighted by atomic mass is 10.1. The molecule has 0 unspecified atom stereocenters. The van der Waals surface area contributed by atoms with E-state index in [4.69, 9.17) is 5.10 Å². The highest BCUT2D eigenvalue weighted by Crippen LogP contribution is 2.34. The summed E-state index contributed by atoms with van der Waals surface area (Å²) in [4.78, 5) is 43.8. The van der Waals surface area contributed by atoms with Gasteiger partial charge in [-0.1, -0.05) is 35.6 Å². The first-order valence-corrected chi connectivity index (χ1v) is 11.1. The van der Waals surface area contributed by atoms with Crippen LogP contribution in [0.4, 0.5) is 5.82 Å². The van der Waals surface area contributed by atoms with Crippen molar-refractivity contribution in [3.63, 3.8) is 0 Å². The molecule has 2 aromatic heterocycles. The maximum atomic E-state index is 12.9. The highest BCUT2D eigenvalue weighted by atomic mass is 32.1. The second-order valence-electron chi connectivity index (χ2n) is 7.79. The summed E-state index contributed by atoms with van der Waals surface area (Å²) < 4.78 is 2.70. The molecule has 1 aliphatic carbocycles. The van der Waals surface area contributed by atoms with Gasteiger partial charge in [-0.2, -0.15) is 9.78 Å². The molecule has 2 aromatic carbocycles. The highest BCUT2D eigenvalue weighted by Gasteiger charge is 2.36. The van der Waals surface area contributed by atoms with Crippen LogP contribution in [-0.4, -0.2) is 43.9 Å². The molecule has 1 aliphatic heterocycles. The number of aryl methyl sites for hydroxylation is 1. The fourth-order valence-electron chi connectivity index (χ4n) is 4.31. The van der Waals surface area contributed by atoms with E-state index in [0.29, 0.717) is 22.1 Å². The minimum absolute atomic E-state index is 0.325. The third-order valence-electron chi connectivity index (χ3n) is 5.81. The number of rotatable bonds is 4. The number of imide groups is 1. The molecule has 0 saturated carbocycles. The molecule has 0 bridgehead atoms. The van der Waals surface area contributed by atoms with E-state index in [1.165, 1.54) is 11.3 Å². The molecular weight excluding hydrogens is 426 g/mol. The first kappa shape index (κ1) is 18.9. The van der Waals surface area contributed by atoms with E-state index in [9.17, 15) is 14.4 Å². The van der Waals surface area contributed by atoms with Crippen LogP contribution in [0.1, 0.15) is 38.4 Å². The summed E-state index contributed by atoms with van der Waals surface area (Å²) in [6, 6.07) is 14.4. The summed E-state index contributed by atoms with van der Waals surface area (Å²) in [5, 5.41) is 8.28. The number of hydrogen-bond acceptors (Lipinski definition) is 6. The number of carbonyl (C=O) groups is 3. The Morgan fingerprint density at radius 2 is 1.72 bits per heavy atom. The Morgan fingerprint density at radius 3 is 2.47 bits per heavy atom. The van der Waals surface area contributed by atoms with Crippen LogP contribution < -0.4 is 5.32 Å². The molecule has 32 heavy (non-hydrogen) atoms. The molecular formula is C23H17N5O3S. The molecule has 1 N–H and O–H groups in total. The van der Waals surface area contributed by atoms with Gasteiger partial charge in [0.2, 0.25) is 11.0 Å². The van der Waals surface area contributed by atoms with Crippen molar-refractivity contribution in [1.82, 2.24) is 19.7 Å². The predicted molar refractivity (Wildman–Crippen MR) is 119 cm³/mol. The maximum Gasteiger partial charge on any atom is 0.262 e. The summed E-state index contributed by atoms with van der Waals surface area (Å²) in [6.45, 7) is -0.355. The Labute approximate surface area is 186 Å². The van der Waals surface area contributed by atoms with E-state index in [2.05, 4.69) is 10.3 Å². The first-order valence-electron chi connectivity index (χ1n) is 10.3. The van der Waals surface area contributed by atoms with Crippen molar-refractivity contribution in [1.29, 1.82) is 0 Å². The quantitative estimate of drug-likeness (QED) is 0.489. The van der Waals surface area contributed by atoms with Crippen molar-refractivity contribution in [3.8, 4) is 5.13 Å². The molecule has 158 valence electrons. The van der Waals surface area contributed by atoms with Crippen molar-refractivity contribution in [2.24, 2.45) is 0 Å². The van der Waals surface area contributed by atoms with Crippen molar-refractivity contribution in [2.75, 3.05) is 11.9 Å². The van der Waals surface area contributed by atoms with Gasteiger partial charge in [-0.15, -0.1) is 0 Å². The summed E-state index contributed by atoms with van der Waals surface area (Å²) in [5.74, 6) is -0.786. The molecule has 3 amide bonds. The molecule has 4 aromatic rings. The Morgan fingerprint density at radius 1 is 1.00 bits per heavy atom. The lowest BCUT2D eigenvalue weighted by Crippen LogP contribution is -2.37. The van der Waals surface area contributed by atoms with Crippen LogP contribution in [0.2, 0.25) is 0 Å². The van der Waals surface area contributed by atoms with Gasteiger partial charge in [-0.25, -0.2) is 4.98 Å². The molecule has 2 aliphatic rings. The lowest BCUT2D eigenvalue weighted by Gasteiger charge is -2.14. The minimum atomic E-state index is -0.453. The molecule has 0 atom stereocenters. The lowest BCUT2D eigenvalue weighted by molar-refractivity contribution is -0.116. The van der Waals surface area contributed by atoms with Crippen molar-refractivity contribution in [3.05, 3.63) is 70.9 Å². The molecule has 0 saturated heterocycles. The Hall–Kier alpha value is -3.85. The van der Waals surface area contributed by atoms with Crippen LogP contribution in [0.5, 0.6) is 0 Å². The van der Waals surface area contributed by atoms with Gasteiger partial charge in [-0.3, -0.25) is 19.3 Å². The smallest absolute Gasteiger partial charge is 0.262 e. The van der Waals surface area contributed by atoms with Crippen LogP contribution in [0, 0.1) is 0 Å². The first-order chi connectivity index (χ1) is 15.6. The van der Waals surface area contributed by atoms with Gasteiger partial charge in [0.05, 0.1) is 27.0 Å². The van der Waals surface area contributed by atoms with Crippen LogP contribution in [0.15, 0.2) is 48.5 Å². The average Bonchev–Trinajstić information content (AvgIpc) is 3.55. The van der Waals surface area contributed by atoms with Crippen molar-refractivity contribution in [2.45, 2.75) is 19.3 Å². The second kappa shape index (κ2) is 7.10.